The third-order valence-electron chi connectivity index (χ3n) is 2.82. The van der Waals surface area contributed by atoms with E-state index in [0.717, 1.165) is 18.5 Å². The smallest absolute Gasteiger partial charge is 0.402 e. The Morgan fingerprint density at radius 1 is 1.23 bits per heavy atom. The molecule has 1 heterocycles. The maximum Gasteiger partial charge on any atom is 0.422 e. The highest BCUT2D eigenvalue weighted by Crippen LogP contribution is 2.30. The number of ether oxygens (including phenoxy) is 1. The lowest BCUT2D eigenvalue weighted by molar-refractivity contribution is -0.140. The van der Waals surface area contributed by atoms with Crippen LogP contribution in [0, 0.1) is 6.92 Å². The summed E-state index contributed by atoms with van der Waals surface area (Å²) in [7, 11) is 0. The second kappa shape index (κ2) is 5.63. The van der Waals surface area contributed by atoms with Crippen LogP contribution in [0.1, 0.15) is 18.2 Å². The normalized spacial score (nSPS) is 11.3. The van der Waals surface area contributed by atoms with E-state index in [-0.39, 0.29) is 5.69 Å². The van der Waals surface area contributed by atoms with E-state index in [9.17, 15) is 22.8 Å². The topological polar surface area (TPSA) is 61.2 Å². The number of para-hydroxylation sites is 1. The second-order valence-electron chi connectivity index (χ2n) is 4.43. The van der Waals surface area contributed by atoms with Gasteiger partial charge in [0.15, 0.2) is 0 Å². The minimum atomic E-state index is -4.89. The van der Waals surface area contributed by atoms with Crippen LogP contribution >= 0.6 is 0 Å². The zero-order valence-corrected chi connectivity index (χ0v) is 11.6. The van der Waals surface area contributed by atoms with Crippen molar-refractivity contribution < 1.29 is 22.7 Å². The van der Waals surface area contributed by atoms with E-state index in [1.54, 1.807) is 18.2 Å². The van der Waals surface area contributed by atoms with Gasteiger partial charge in [0.05, 0.1) is 11.4 Å². The molecule has 0 aliphatic heterocycles. The number of rotatable bonds is 2. The SMILES string of the molecule is CC(=O)Oc1nn(-c2ccccc2)c(C)c(C(F)(F)F)c1=O. The number of aromatic nitrogens is 2. The summed E-state index contributed by atoms with van der Waals surface area (Å²) in [6.07, 6.45) is -4.89. The quantitative estimate of drug-likeness (QED) is 0.799. The molecule has 22 heavy (non-hydrogen) atoms. The van der Waals surface area contributed by atoms with Gasteiger partial charge in [-0.2, -0.15) is 13.2 Å². The summed E-state index contributed by atoms with van der Waals surface area (Å²) in [6, 6.07) is 7.92. The summed E-state index contributed by atoms with van der Waals surface area (Å²) in [6.45, 7) is 2.10. The van der Waals surface area contributed by atoms with Crippen LogP contribution in [0.4, 0.5) is 13.2 Å². The molecule has 0 spiro atoms. The van der Waals surface area contributed by atoms with E-state index < -0.39 is 29.0 Å². The van der Waals surface area contributed by atoms with Crippen molar-refractivity contribution in [1.29, 1.82) is 0 Å². The van der Waals surface area contributed by atoms with E-state index in [4.69, 9.17) is 0 Å². The Labute approximate surface area is 122 Å². The lowest BCUT2D eigenvalue weighted by atomic mass is 10.2. The third-order valence-corrected chi connectivity index (χ3v) is 2.82. The highest BCUT2D eigenvalue weighted by atomic mass is 19.4. The number of halogens is 3. The first-order valence-electron chi connectivity index (χ1n) is 6.16. The Kier molecular flexibility index (Phi) is 4.03. The lowest BCUT2D eigenvalue weighted by Gasteiger charge is -2.16. The number of hydrogen-bond acceptors (Lipinski definition) is 4. The van der Waals surface area contributed by atoms with Crippen LogP contribution in [0.3, 0.4) is 0 Å². The van der Waals surface area contributed by atoms with E-state index in [2.05, 4.69) is 9.84 Å². The number of carbonyl (C=O) groups is 1. The summed E-state index contributed by atoms with van der Waals surface area (Å²) in [5.74, 6) is -1.84. The number of benzene rings is 1. The second-order valence-corrected chi connectivity index (χ2v) is 4.43. The highest BCUT2D eigenvalue weighted by Gasteiger charge is 2.39. The summed E-state index contributed by atoms with van der Waals surface area (Å²) in [4.78, 5) is 22.8. The van der Waals surface area contributed by atoms with Gasteiger partial charge in [-0.15, -0.1) is 5.10 Å². The van der Waals surface area contributed by atoms with Gasteiger partial charge in [0.2, 0.25) is 0 Å². The lowest BCUT2D eigenvalue weighted by Crippen LogP contribution is -2.28. The van der Waals surface area contributed by atoms with Crippen LogP contribution in [0.5, 0.6) is 5.88 Å². The summed E-state index contributed by atoms with van der Waals surface area (Å²) < 4.78 is 44.9. The zero-order chi connectivity index (χ0) is 16.5. The molecule has 0 aliphatic rings. The molecule has 8 heteroatoms. The predicted octanol–water partition coefficient (Wildman–Crippen LogP) is 2.49. The van der Waals surface area contributed by atoms with Crippen molar-refractivity contribution in [3.8, 4) is 11.6 Å². The molecule has 5 nitrogen and oxygen atoms in total. The van der Waals surface area contributed by atoms with Gasteiger partial charge in [-0.1, -0.05) is 18.2 Å². The monoisotopic (exact) mass is 312 g/mol. The number of carbonyl (C=O) groups excluding carboxylic acids is 1. The first-order chi connectivity index (χ1) is 10.2. The molecule has 0 N–H and O–H groups in total. The summed E-state index contributed by atoms with van der Waals surface area (Å²) >= 11 is 0. The van der Waals surface area contributed by atoms with Gasteiger partial charge in [0.25, 0.3) is 11.3 Å². The molecule has 0 radical (unpaired) electrons. The maximum absolute atomic E-state index is 13.1. The molecule has 1 aromatic heterocycles. The van der Waals surface area contributed by atoms with Gasteiger partial charge in [0, 0.05) is 6.92 Å². The van der Waals surface area contributed by atoms with Crippen LogP contribution in [0.25, 0.3) is 5.69 Å². The van der Waals surface area contributed by atoms with Crippen molar-refractivity contribution in [3.63, 3.8) is 0 Å². The first-order valence-corrected chi connectivity index (χ1v) is 6.16. The Bertz CT molecular complexity index is 767. The fourth-order valence-corrected chi connectivity index (χ4v) is 1.95. The highest BCUT2D eigenvalue weighted by molar-refractivity contribution is 5.68. The number of esters is 1. The molecule has 0 amide bonds. The fraction of sp³-hybridized carbons (Fsp3) is 0.214. The van der Waals surface area contributed by atoms with Crippen LogP contribution in [-0.4, -0.2) is 15.7 Å². The van der Waals surface area contributed by atoms with Gasteiger partial charge < -0.3 is 4.74 Å². The molecular weight excluding hydrogens is 301 g/mol. The van der Waals surface area contributed by atoms with Crippen LogP contribution in [-0.2, 0) is 11.0 Å². The maximum atomic E-state index is 13.1. The van der Waals surface area contributed by atoms with Gasteiger partial charge in [-0.3, -0.25) is 9.59 Å². The third kappa shape index (κ3) is 3.00. The van der Waals surface area contributed by atoms with Crippen LogP contribution < -0.4 is 10.2 Å². The molecule has 0 saturated carbocycles. The minimum absolute atomic E-state index is 0.305. The van der Waals surface area contributed by atoms with Crippen molar-refractivity contribution in [2.45, 2.75) is 20.0 Å². The van der Waals surface area contributed by atoms with E-state index >= 15 is 0 Å². The molecule has 0 bridgehead atoms. The molecule has 0 aliphatic carbocycles. The number of nitrogens with zero attached hydrogens (tertiary/aromatic N) is 2. The molecular formula is C14H11F3N2O3. The standard InChI is InChI=1S/C14H11F3N2O3/c1-8-11(14(15,16)17)12(21)13(22-9(2)20)18-19(8)10-6-4-3-5-7-10/h3-7H,1-2H3. The molecule has 0 atom stereocenters. The number of alkyl halides is 3. The van der Waals surface area contributed by atoms with Gasteiger partial charge >= 0.3 is 12.1 Å². The molecule has 1 aromatic carbocycles. The van der Waals surface area contributed by atoms with Crippen LogP contribution in [0.15, 0.2) is 35.1 Å². The Hall–Kier alpha value is -2.64. The predicted molar refractivity (Wildman–Crippen MR) is 70.9 cm³/mol. The van der Waals surface area contributed by atoms with Gasteiger partial charge in [-0.05, 0) is 19.1 Å². The summed E-state index contributed by atoms with van der Waals surface area (Å²) in [5.41, 5.74) is -2.96. The summed E-state index contributed by atoms with van der Waals surface area (Å²) in [5, 5.41) is 3.72. The van der Waals surface area contributed by atoms with Crippen molar-refractivity contribution in [3.05, 3.63) is 51.8 Å². The van der Waals surface area contributed by atoms with E-state index in [0.29, 0.717) is 5.69 Å². The zero-order valence-electron chi connectivity index (χ0n) is 11.6. The van der Waals surface area contributed by atoms with E-state index in [1.807, 2.05) is 0 Å². The Morgan fingerprint density at radius 3 is 2.32 bits per heavy atom. The van der Waals surface area contributed by atoms with Gasteiger partial charge in [0.1, 0.15) is 5.56 Å². The molecule has 0 unspecified atom stereocenters. The first kappa shape index (κ1) is 15.7. The molecule has 0 fully saturated rings. The van der Waals surface area contributed by atoms with Crippen molar-refractivity contribution in [1.82, 2.24) is 9.78 Å². The van der Waals surface area contributed by atoms with Crippen LogP contribution in [0.2, 0.25) is 0 Å². The fourth-order valence-electron chi connectivity index (χ4n) is 1.95. The van der Waals surface area contributed by atoms with Crippen molar-refractivity contribution >= 4 is 5.97 Å². The average Bonchev–Trinajstić information content (AvgIpc) is 2.41. The number of hydrogen-bond donors (Lipinski definition) is 0. The Balaban J connectivity index is 2.80. The Morgan fingerprint density at radius 2 is 1.82 bits per heavy atom. The average molecular weight is 312 g/mol. The molecule has 2 rings (SSSR count). The van der Waals surface area contributed by atoms with E-state index in [1.165, 1.54) is 12.1 Å². The molecule has 116 valence electrons. The van der Waals surface area contributed by atoms with Crippen molar-refractivity contribution in [2.75, 3.05) is 0 Å². The minimum Gasteiger partial charge on any atom is -0.402 e. The largest absolute Gasteiger partial charge is 0.422 e. The molecule has 2 aromatic rings. The van der Waals surface area contributed by atoms with Gasteiger partial charge in [-0.25, -0.2) is 4.68 Å². The molecule has 0 saturated heterocycles. The van der Waals surface area contributed by atoms with Crippen molar-refractivity contribution in [2.24, 2.45) is 0 Å².